The fourth-order valence-corrected chi connectivity index (χ4v) is 2.02. The highest BCUT2D eigenvalue weighted by Gasteiger charge is 2.32. The Labute approximate surface area is 90.1 Å². The second-order valence-corrected chi connectivity index (χ2v) is 4.31. The van der Waals surface area contributed by atoms with Gasteiger partial charge in [-0.05, 0) is 12.0 Å². The molecule has 0 bridgehead atoms. The Kier molecular flexibility index (Phi) is 2.86. The lowest BCUT2D eigenvalue weighted by atomic mass is 10.0. The van der Waals surface area contributed by atoms with Gasteiger partial charge in [0.05, 0.1) is 12.6 Å². The zero-order chi connectivity index (χ0) is 10.8. The van der Waals surface area contributed by atoms with Gasteiger partial charge in [0.15, 0.2) is 0 Å². The second kappa shape index (κ2) is 4.14. The van der Waals surface area contributed by atoms with Gasteiger partial charge in [0.1, 0.15) is 0 Å². The van der Waals surface area contributed by atoms with E-state index in [4.69, 9.17) is 0 Å². The first-order valence-electron chi connectivity index (χ1n) is 5.44. The number of nitrogens with one attached hydrogen (secondary N) is 1. The largest absolute Gasteiger partial charge is 0.312 e. The molecule has 1 N–H and O–H groups in total. The molecule has 2 rings (SSSR count). The van der Waals surface area contributed by atoms with E-state index in [2.05, 4.69) is 24.2 Å². The van der Waals surface area contributed by atoms with Crippen molar-refractivity contribution in [2.45, 2.75) is 19.9 Å². The maximum Gasteiger partial charge on any atom is 0.244 e. The van der Waals surface area contributed by atoms with Crippen LogP contribution in [0.3, 0.4) is 0 Å². The predicted molar refractivity (Wildman–Crippen MR) is 59.8 cm³/mol. The fourth-order valence-electron chi connectivity index (χ4n) is 2.02. The zero-order valence-electron chi connectivity index (χ0n) is 9.23. The van der Waals surface area contributed by atoms with Crippen molar-refractivity contribution in [2.24, 2.45) is 10.9 Å². The summed E-state index contributed by atoms with van der Waals surface area (Å²) in [4.78, 5) is 18.1. The first-order chi connectivity index (χ1) is 7.20. The van der Waals surface area contributed by atoms with Crippen molar-refractivity contribution < 1.29 is 4.79 Å². The number of aliphatic imine (C=N–C) groups is 1. The number of nitrogens with zero attached hydrogens (tertiary/aromatic N) is 2. The molecule has 0 aromatic rings. The van der Waals surface area contributed by atoms with Crippen LogP contribution in [0.25, 0.3) is 0 Å². The molecule has 0 aromatic heterocycles. The molecular weight excluding hydrogens is 190 g/mol. The minimum absolute atomic E-state index is 0.0414. The molecule has 4 nitrogen and oxygen atoms in total. The van der Waals surface area contributed by atoms with Crippen molar-refractivity contribution >= 4 is 12.1 Å². The summed E-state index contributed by atoms with van der Waals surface area (Å²) in [6, 6.07) is -0.0414. The maximum absolute atomic E-state index is 12.1. The van der Waals surface area contributed by atoms with Crippen LogP contribution >= 0.6 is 0 Å². The molecule has 4 heteroatoms. The molecule has 1 fully saturated rings. The number of carbonyl (C=O) groups is 1. The van der Waals surface area contributed by atoms with E-state index in [9.17, 15) is 4.79 Å². The summed E-state index contributed by atoms with van der Waals surface area (Å²) in [5.74, 6) is 0.524. The van der Waals surface area contributed by atoms with Gasteiger partial charge >= 0.3 is 0 Å². The molecule has 0 aromatic carbocycles. The van der Waals surface area contributed by atoms with Crippen LogP contribution in [0.5, 0.6) is 0 Å². The lowest BCUT2D eigenvalue weighted by Gasteiger charge is -2.35. The zero-order valence-corrected chi connectivity index (χ0v) is 9.23. The molecule has 2 aliphatic heterocycles. The quantitative estimate of drug-likeness (QED) is 0.713. The molecule has 1 unspecified atom stereocenters. The lowest BCUT2D eigenvalue weighted by Crippen LogP contribution is -2.56. The van der Waals surface area contributed by atoms with Crippen LogP contribution in [-0.4, -0.2) is 42.7 Å². The van der Waals surface area contributed by atoms with E-state index in [-0.39, 0.29) is 11.9 Å². The van der Waals surface area contributed by atoms with E-state index in [1.54, 1.807) is 6.21 Å². The molecule has 2 heterocycles. The highest BCUT2D eigenvalue weighted by molar-refractivity contribution is 5.86. The van der Waals surface area contributed by atoms with Crippen molar-refractivity contribution in [1.82, 2.24) is 10.2 Å². The van der Waals surface area contributed by atoms with Crippen LogP contribution in [0.4, 0.5) is 0 Å². The van der Waals surface area contributed by atoms with Crippen molar-refractivity contribution in [1.29, 1.82) is 0 Å². The third-order valence-corrected chi connectivity index (χ3v) is 2.87. The van der Waals surface area contributed by atoms with E-state index in [1.807, 2.05) is 11.0 Å². The topological polar surface area (TPSA) is 44.7 Å². The molecule has 0 saturated carbocycles. The van der Waals surface area contributed by atoms with Gasteiger partial charge in [0.2, 0.25) is 5.91 Å². The van der Waals surface area contributed by atoms with Crippen LogP contribution in [0, 0.1) is 5.92 Å². The summed E-state index contributed by atoms with van der Waals surface area (Å²) in [7, 11) is 0. The van der Waals surface area contributed by atoms with E-state index in [0.717, 1.165) is 18.8 Å². The Morgan fingerprint density at radius 1 is 1.60 bits per heavy atom. The fraction of sp³-hybridized carbons (Fsp3) is 0.636. The number of allylic oxidation sites excluding steroid dienone is 1. The SMILES string of the molecule is CC(C)C1NCCN(C2=CC=NC2)C1=O. The van der Waals surface area contributed by atoms with Crippen molar-refractivity contribution in [3.63, 3.8) is 0 Å². The molecule has 0 aliphatic carbocycles. The summed E-state index contributed by atoms with van der Waals surface area (Å²) in [5.41, 5.74) is 1.03. The van der Waals surface area contributed by atoms with Crippen LogP contribution in [0.2, 0.25) is 0 Å². The van der Waals surface area contributed by atoms with Gasteiger partial charge in [-0.25, -0.2) is 0 Å². The minimum atomic E-state index is -0.0414. The third-order valence-electron chi connectivity index (χ3n) is 2.87. The summed E-state index contributed by atoms with van der Waals surface area (Å²) < 4.78 is 0. The summed E-state index contributed by atoms with van der Waals surface area (Å²) in [5, 5.41) is 3.26. The number of amides is 1. The molecule has 2 aliphatic rings. The maximum atomic E-state index is 12.1. The Morgan fingerprint density at radius 2 is 2.40 bits per heavy atom. The monoisotopic (exact) mass is 207 g/mol. The normalized spacial score (nSPS) is 26.3. The molecule has 0 radical (unpaired) electrons. The predicted octanol–water partition coefficient (Wildman–Crippen LogP) is 0.411. The second-order valence-electron chi connectivity index (χ2n) is 4.31. The molecule has 1 amide bonds. The van der Waals surface area contributed by atoms with Crippen LogP contribution in [0.1, 0.15) is 13.8 Å². The van der Waals surface area contributed by atoms with E-state index < -0.39 is 0 Å². The Hall–Kier alpha value is -1.16. The molecule has 82 valence electrons. The molecule has 1 saturated heterocycles. The van der Waals surface area contributed by atoms with Gasteiger partial charge in [-0.1, -0.05) is 13.8 Å². The molecule has 1 atom stereocenters. The van der Waals surface area contributed by atoms with Gasteiger partial charge in [-0.15, -0.1) is 0 Å². The third kappa shape index (κ3) is 1.95. The van der Waals surface area contributed by atoms with Gasteiger partial charge in [-0.2, -0.15) is 0 Å². The van der Waals surface area contributed by atoms with Gasteiger partial charge in [0, 0.05) is 25.0 Å². The van der Waals surface area contributed by atoms with E-state index in [1.165, 1.54) is 0 Å². The van der Waals surface area contributed by atoms with Crippen molar-refractivity contribution in [2.75, 3.05) is 19.6 Å². The van der Waals surface area contributed by atoms with E-state index >= 15 is 0 Å². The van der Waals surface area contributed by atoms with Crippen LogP contribution < -0.4 is 5.32 Å². The Morgan fingerprint density at radius 3 is 3.00 bits per heavy atom. The summed E-state index contributed by atoms with van der Waals surface area (Å²) in [6.07, 6.45) is 3.70. The number of hydrogen-bond acceptors (Lipinski definition) is 3. The Bertz CT molecular complexity index is 320. The molecular formula is C11H17N3O. The first-order valence-corrected chi connectivity index (χ1v) is 5.44. The highest BCUT2D eigenvalue weighted by atomic mass is 16.2. The first kappa shape index (κ1) is 10.4. The average Bonchev–Trinajstić information content (AvgIpc) is 2.70. The van der Waals surface area contributed by atoms with Crippen LogP contribution in [0.15, 0.2) is 16.8 Å². The number of hydrogen-bond donors (Lipinski definition) is 1. The standard InChI is InChI=1S/C11H17N3O/c1-8(2)10-11(15)14(6-5-13-10)9-3-4-12-7-9/h3-4,8,10,13H,5-7H2,1-2H3. The average molecular weight is 207 g/mol. The van der Waals surface area contributed by atoms with E-state index in [0.29, 0.717) is 12.5 Å². The molecule has 15 heavy (non-hydrogen) atoms. The highest BCUT2D eigenvalue weighted by Crippen LogP contribution is 2.16. The Balaban J connectivity index is 2.10. The lowest BCUT2D eigenvalue weighted by molar-refractivity contribution is -0.134. The van der Waals surface area contributed by atoms with Crippen LogP contribution in [-0.2, 0) is 4.79 Å². The van der Waals surface area contributed by atoms with Crippen molar-refractivity contribution in [3.05, 3.63) is 11.8 Å². The van der Waals surface area contributed by atoms with Gasteiger partial charge in [-0.3, -0.25) is 9.79 Å². The number of carbonyl (C=O) groups excluding carboxylic acids is 1. The van der Waals surface area contributed by atoms with Gasteiger partial charge < -0.3 is 10.2 Å². The number of piperazine rings is 1. The van der Waals surface area contributed by atoms with Gasteiger partial charge in [0.25, 0.3) is 0 Å². The molecule has 0 spiro atoms. The summed E-state index contributed by atoms with van der Waals surface area (Å²) in [6.45, 7) is 6.41. The number of rotatable bonds is 2. The minimum Gasteiger partial charge on any atom is -0.312 e. The van der Waals surface area contributed by atoms with Crippen molar-refractivity contribution in [3.8, 4) is 0 Å². The smallest absolute Gasteiger partial charge is 0.244 e. The summed E-state index contributed by atoms with van der Waals surface area (Å²) >= 11 is 0.